The van der Waals surface area contributed by atoms with Crippen molar-refractivity contribution in [1.29, 1.82) is 0 Å². The smallest absolute Gasteiger partial charge is 0.160 e. The molecule has 0 saturated carbocycles. The summed E-state index contributed by atoms with van der Waals surface area (Å²) < 4.78 is 6.95. The largest absolute Gasteiger partial charge is 0.455 e. The second kappa shape index (κ2) is 14.6. The summed E-state index contributed by atoms with van der Waals surface area (Å²) in [6.45, 7) is 0. The summed E-state index contributed by atoms with van der Waals surface area (Å²) >= 11 is 0. The molecule has 11 rings (SSSR count). The lowest BCUT2D eigenvalue weighted by Crippen LogP contribution is -2.00. The van der Waals surface area contributed by atoms with E-state index >= 15 is 0 Å². The first-order chi connectivity index (χ1) is 29.2. The van der Waals surface area contributed by atoms with E-state index in [1.807, 2.05) is 36.4 Å². The minimum atomic E-state index is 0.699. The number of nitrogens with zero attached hydrogens (tertiary/aromatic N) is 2. The molecule has 0 spiro atoms. The van der Waals surface area contributed by atoms with Crippen LogP contribution in [0.25, 0.3) is 100 Å². The number of hydrogen-bond acceptors (Lipinski definition) is 3. The summed E-state index contributed by atoms with van der Waals surface area (Å²) in [4.78, 5) is 10.1. The Bertz CT molecular complexity index is 3080. The Kier molecular flexibility index (Phi) is 8.49. The number of aromatic nitrogens is 2. The first-order valence-electron chi connectivity index (χ1n) is 20.0. The normalized spacial score (nSPS) is 11.5. The molecule has 0 radical (unpaired) electrons. The van der Waals surface area contributed by atoms with E-state index in [0.29, 0.717) is 5.82 Å². The van der Waals surface area contributed by atoms with Crippen LogP contribution in [0, 0.1) is 0 Å². The molecule has 0 amide bonds. The van der Waals surface area contributed by atoms with E-state index in [1.165, 1.54) is 10.9 Å². The van der Waals surface area contributed by atoms with Gasteiger partial charge in [0, 0.05) is 33.2 Å². The highest BCUT2D eigenvalue weighted by Crippen LogP contribution is 2.53. The third-order valence-electron chi connectivity index (χ3n) is 11.3. The highest BCUT2D eigenvalue weighted by atomic mass is 16.5. The van der Waals surface area contributed by atoms with Crippen LogP contribution >= 0.6 is 0 Å². The van der Waals surface area contributed by atoms with Crippen molar-refractivity contribution in [2.45, 2.75) is 0 Å². The molecule has 1 aromatic heterocycles. The summed E-state index contributed by atoms with van der Waals surface area (Å²) in [5.74, 6) is 2.45. The Balaban J connectivity index is 1.12. The van der Waals surface area contributed by atoms with Crippen LogP contribution in [-0.2, 0) is 0 Å². The van der Waals surface area contributed by atoms with Crippen LogP contribution in [0.5, 0.6) is 11.5 Å². The molecule has 10 aromatic rings. The molecule has 9 aromatic carbocycles. The zero-order valence-corrected chi connectivity index (χ0v) is 32.1. The highest BCUT2D eigenvalue weighted by molar-refractivity contribution is 6.07. The molecule has 59 heavy (non-hydrogen) atoms. The third-order valence-corrected chi connectivity index (χ3v) is 11.3. The molecule has 0 N–H and O–H groups in total. The summed E-state index contributed by atoms with van der Waals surface area (Å²) in [6, 6.07) is 76.9. The van der Waals surface area contributed by atoms with E-state index in [1.54, 1.807) is 0 Å². The van der Waals surface area contributed by atoms with Gasteiger partial charge in [-0.15, -0.1) is 0 Å². The number of benzene rings is 9. The Morgan fingerprint density at radius 3 is 1.46 bits per heavy atom. The first kappa shape index (κ1) is 34.4. The monoisotopic (exact) mass is 752 g/mol. The lowest BCUT2D eigenvalue weighted by molar-refractivity contribution is 0.489. The van der Waals surface area contributed by atoms with Gasteiger partial charge in [-0.3, -0.25) is 0 Å². The lowest BCUT2D eigenvalue weighted by Gasteiger charge is -2.25. The van der Waals surface area contributed by atoms with E-state index in [-0.39, 0.29) is 0 Å². The van der Waals surface area contributed by atoms with Gasteiger partial charge in [0.25, 0.3) is 0 Å². The van der Waals surface area contributed by atoms with E-state index in [4.69, 9.17) is 14.7 Å². The van der Waals surface area contributed by atoms with Crippen molar-refractivity contribution < 1.29 is 4.74 Å². The zero-order chi connectivity index (χ0) is 39.1. The highest BCUT2D eigenvalue weighted by Gasteiger charge is 2.26. The molecule has 276 valence electrons. The second-order valence-electron chi connectivity index (χ2n) is 14.9. The van der Waals surface area contributed by atoms with Crippen LogP contribution < -0.4 is 4.74 Å². The van der Waals surface area contributed by atoms with Crippen LogP contribution in [0.15, 0.2) is 218 Å². The molecule has 0 bridgehead atoms. The summed E-state index contributed by atoms with van der Waals surface area (Å²) in [6.07, 6.45) is 0. The van der Waals surface area contributed by atoms with Crippen molar-refractivity contribution in [2.24, 2.45) is 0 Å². The van der Waals surface area contributed by atoms with Gasteiger partial charge in [0.15, 0.2) is 5.82 Å². The summed E-state index contributed by atoms with van der Waals surface area (Å²) in [7, 11) is 0. The topological polar surface area (TPSA) is 35.0 Å². The van der Waals surface area contributed by atoms with Gasteiger partial charge in [-0.2, -0.15) is 0 Å². The number of hydrogen-bond donors (Lipinski definition) is 0. The van der Waals surface area contributed by atoms with Crippen molar-refractivity contribution in [3.05, 3.63) is 218 Å². The van der Waals surface area contributed by atoms with E-state index in [2.05, 4.69) is 182 Å². The molecule has 0 aliphatic carbocycles. The van der Waals surface area contributed by atoms with Gasteiger partial charge < -0.3 is 4.74 Å². The predicted octanol–water partition coefficient (Wildman–Crippen LogP) is 15.1. The number of rotatable bonds is 7. The van der Waals surface area contributed by atoms with Crippen molar-refractivity contribution in [3.63, 3.8) is 0 Å². The zero-order valence-electron chi connectivity index (χ0n) is 32.1. The van der Waals surface area contributed by atoms with Crippen LogP contribution in [0.4, 0.5) is 0 Å². The van der Waals surface area contributed by atoms with Crippen molar-refractivity contribution in [1.82, 2.24) is 9.97 Å². The fourth-order valence-corrected chi connectivity index (χ4v) is 8.48. The molecule has 1 aliphatic rings. The molecular weight excluding hydrogens is 717 g/mol. The average molecular weight is 753 g/mol. The molecule has 0 saturated heterocycles. The minimum Gasteiger partial charge on any atom is -0.455 e. The summed E-state index contributed by atoms with van der Waals surface area (Å²) in [5, 5.41) is 2.32. The Morgan fingerprint density at radius 2 is 0.797 bits per heavy atom. The van der Waals surface area contributed by atoms with Crippen molar-refractivity contribution in [3.8, 4) is 101 Å². The fourth-order valence-electron chi connectivity index (χ4n) is 8.48. The van der Waals surface area contributed by atoms with Gasteiger partial charge >= 0.3 is 0 Å². The van der Waals surface area contributed by atoms with Crippen molar-refractivity contribution in [2.75, 3.05) is 0 Å². The Labute approximate surface area is 343 Å². The van der Waals surface area contributed by atoms with Gasteiger partial charge in [0.05, 0.1) is 11.4 Å². The maximum atomic E-state index is 6.95. The quantitative estimate of drug-likeness (QED) is 0.163. The summed E-state index contributed by atoms with van der Waals surface area (Å²) in [5.41, 5.74) is 16.0. The molecule has 1 aliphatic heterocycles. The predicted molar refractivity (Wildman–Crippen MR) is 243 cm³/mol. The van der Waals surface area contributed by atoms with Crippen LogP contribution in [-0.4, -0.2) is 9.97 Å². The SMILES string of the molecule is c1ccc(-c2cc(-c3ccc(-c4cc(-c5ccccc5)nc(-c5ccccc5)n4)cc3)c(-c3ccccc3)c(-c3cccc4c3Oc3cccc5cccc-4c35)c2)cc1. The lowest BCUT2D eigenvalue weighted by atomic mass is 9.83. The van der Waals surface area contributed by atoms with Gasteiger partial charge in [0.2, 0.25) is 0 Å². The van der Waals surface area contributed by atoms with Gasteiger partial charge in [0.1, 0.15) is 11.5 Å². The molecule has 3 heteroatoms. The Morgan fingerprint density at radius 1 is 0.305 bits per heavy atom. The molecule has 0 unspecified atom stereocenters. The van der Waals surface area contributed by atoms with E-state index in [9.17, 15) is 0 Å². The number of ether oxygens (including phenoxy) is 1. The van der Waals surface area contributed by atoms with E-state index < -0.39 is 0 Å². The van der Waals surface area contributed by atoms with E-state index in [0.717, 1.165) is 95.0 Å². The van der Waals surface area contributed by atoms with Crippen LogP contribution in [0.1, 0.15) is 0 Å². The maximum absolute atomic E-state index is 6.95. The minimum absolute atomic E-state index is 0.699. The fraction of sp³-hybridized carbons (Fsp3) is 0. The molecule has 3 nitrogen and oxygen atoms in total. The third kappa shape index (κ3) is 6.26. The Hall–Kier alpha value is -7.88. The van der Waals surface area contributed by atoms with Gasteiger partial charge in [-0.05, 0) is 74.2 Å². The number of para-hydroxylation sites is 1. The maximum Gasteiger partial charge on any atom is 0.160 e. The van der Waals surface area contributed by atoms with Crippen molar-refractivity contribution >= 4 is 10.8 Å². The standard InChI is InChI=1S/C56H36N2O/c1-5-16-37(17-6-1)44-34-48(38-30-32-40(33-31-38)51-36-50(39-18-7-2-8-19-39)57-56(58-51)43-22-11-4-12-23-43)53(41-20-9-3-10-21-41)49(35-44)47-28-15-27-46-45-26-13-24-42-25-14-29-52(54(42)45)59-55(46)47/h1-36H. The molecule has 0 fully saturated rings. The van der Waals surface area contributed by atoms with Crippen LogP contribution in [0.2, 0.25) is 0 Å². The van der Waals surface area contributed by atoms with Gasteiger partial charge in [-0.25, -0.2) is 9.97 Å². The molecule has 0 atom stereocenters. The van der Waals surface area contributed by atoms with Crippen LogP contribution in [0.3, 0.4) is 0 Å². The average Bonchev–Trinajstić information content (AvgIpc) is 3.32. The first-order valence-corrected chi connectivity index (χ1v) is 20.0. The number of fused-ring (bicyclic) bond motifs is 2. The molecule has 2 heterocycles. The molecular formula is C56H36N2O. The second-order valence-corrected chi connectivity index (χ2v) is 14.9. The van der Waals surface area contributed by atoms with Gasteiger partial charge in [-0.1, -0.05) is 194 Å².